The highest BCUT2D eigenvalue weighted by molar-refractivity contribution is 4.76. The first-order valence-corrected chi connectivity index (χ1v) is 4.85. The molecule has 4 nitrogen and oxygen atoms in total. The number of β-amino-alcohol motifs (C(OH)–C–C–N with tert-alkyl or cyclic N) is 1. The molecule has 0 aromatic carbocycles. The van der Waals surface area contributed by atoms with Gasteiger partial charge in [0.25, 0.3) is 0 Å². The zero-order valence-electron chi connectivity index (χ0n) is 8.49. The van der Waals surface area contributed by atoms with Crippen molar-refractivity contribution in [3.63, 3.8) is 0 Å². The Morgan fingerprint density at radius 2 is 2.46 bits per heavy atom. The van der Waals surface area contributed by atoms with Crippen LogP contribution in [0.5, 0.6) is 0 Å². The molecule has 1 aliphatic rings. The van der Waals surface area contributed by atoms with Gasteiger partial charge in [-0.1, -0.05) is 0 Å². The molecule has 4 heteroatoms. The zero-order valence-corrected chi connectivity index (χ0v) is 8.49. The summed E-state index contributed by atoms with van der Waals surface area (Å²) >= 11 is 0. The number of hydrogen-bond acceptors (Lipinski definition) is 4. The number of piperazine rings is 1. The fourth-order valence-corrected chi connectivity index (χ4v) is 1.72. The quantitative estimate of drug-likeness (QED) is 0.611. The van der Waals surface area contributed by atoms with Crippen molar-refractivity contribution in [2.75, 3.05) is 39.9 Å². The van der Waals surface area contributed by atoms with Crippen LogP contribution in [0.3, 0.4) is 0 Å². The minimum atomic E-state index is -0.352. The van der Waals surface area contributed by atoms with E-state index in [0.717, 1.165) is 26.2 Å². The van der Waals surface area contributed by atoms with E-state index in [4.69, 9.17) is 4.74 Å². The molecule has 0 aromatic heterocycles. The van der Waals surface area contributed by atoms with E-state index in [1.54, 1.807) is 7.11 Å². The number of nitrogens with one attached hydrogen (secondary N) is 1. The first kappa shape index (κ1) is 10.9. The van der Waals surface area contributed by atoms with E-state index < -0.39 is 0 Å². The Labute approximate surface area is 79.9 Å². The summed E-state index contributed by atoms with van der Waals surface area (Å²) in [5.41, 5.74) is 0. The van der Waals surface area contributed by atoms with Crippen molar-refractivity contribution < 1.29 is 9.84 Å². The van der Waals surface area contributed by atoms with Gasteiger partial charge in [0.1, 0.15) is 0 Å². The Kier molecular flexibility index (Phi) is 4.66. The summed E-state index contributed by atoms with van der Waals surface area (Å²) in [6.07, 6.45) is -0.352. The largest absolute Gasteiger partial charge is 0.389 e. The highest BCUT2D eigenvalue weighted by Crippen LogP contribution is 2.00. The van der Waals surface area contributed by atoms with Gasteiger partial charge in [-0.25, -0.2) is 0 Å². The highest BCUT2D eigenvalue weighted by atomic mass is 16.5. The van der Waals surface area contributed by atoms with Gasteiger partial charge in [-0.15, -0.1) is 0 Å². The summed E-state index contributed by atoms with van der Waals surface area (Å²) < 4.78 is 4.88. The Morgan fingerprint density at radius 1 is 1.69 bits per heavy atom. The minimum absolute atomic E-state index is 0.352. The molecule has 1 rings (SSSR count). The number of nitrogens with zero attached hydrogens (tertiary/aromatic N) is 1. The topological polar surface area (TPSA) is 44.7 Å². The van der Waals surface area contributed by atoms with Crippen LogP contribution in [0.1, 0.15) is 6.92 Å². The van der Waals surface area contributed by atoms with Crippen LogP contribution < -0.4 is 5.32 Å². The second kappa shape index (κ2) is 5.54. The number of rotatable bonds is 4. The summed E-state index contributed by atoms with van der Waals surface area (Å²) in [6.45, 7) is 6.36. The Morgan fingerprint density at radius 3 is 3.08 bits per heavy atom. The maximum Gasteiger partial charge on any atom is 0.0900 e. The lowest BCUT2D eigenvalue weighted by Crippen LogP contribution is -2.51. The van der Waals surface area contributed by atoms with Gasteiger partial charge in [-0.3, -0.25) is 4.90 Å². The van der Waals surface area contributed by atoms with Crippen LogP contribution in [-0.2, 0) is 4.74 Å². The summed E-state index contributed by atoms with van der Waals surface area (Å²) in [7, 11) is 1.61. The molecule has 0 saturated carbocycles. The number of methoxy groups -OCH3 is 1. The molecular weight excluding hydrogens is 168 g/mol. The van der Waals surface area contributed by atoms with Crippen molar-refractivity contribution in [3.05, 3.63) is 0 Å². The van der Waals surface area contributed by atoms with Crippen molar-refractivity contribution in [3.8, 4) is 0 Å². The molecule has 78 valence electrons. The average molecular weight is 188 g/mol. The number of hydrogen-bond donors (Lipinski definition) is 2. The van der Waals surface area contributed by atoms with Gasteiger partial charge in [0.2, 0.25) is 0 Å². The first-order valence-electron chi connectivity index (χ1n) is 4.85. The second-order valence-electron chi connectivity index (χ2n) is 3.72. The van der Waals surface area contributed by atoms with Crippen molar-refractivity contribution in [2.45, 2.75) is 19.1 Å². The lowest BCUT2D eigenvalue weighted by atomic mass is 10.2. The van der Waals surface area contributed by atoms with Gasteiger partial charge in [0, 0.05) is 39.3 Å². The maximum atomic E-state index is 9.50. The summed E-state index contributed by atoms with van der Waals surface area (Å²) in [4.78, 5) is 2.27. The maximum absolute atomic E-state index is 9.50. The van der Waals surface area contributed by atoms with E-state index in [1.807, 2.05) is 0 Å². The molecule has 2 N–H and O–H groups in total. The van der Waals surface area contributed by atoms with Crippen LogP contribution in [0.15, 0.2) is 0 Å². The van der Waals surface area contributed by atoms with Gasteiger partial charge < -0.3 is 15.2 Å². The molecule has 1 aliphatic heterocycles. The lowest BCUT2D eigenvalue weighted by molar-refractivity contribution is 0.0317. The molecule has 0 bridgehead atoms. The molecule has 2 unspecified atom stereocenters. The van der Waals surface area contributed by atoms with Crippen molar-refractivity contribution in [1.29, 1.82) is 0 Å². The molecule has 0 amide bonds. The molecule has 0 radical (unpaired) electrons. The number of ether oxygens (including phenoxy) is 1. The van der Waals surface area contributed by atoms with Crippen LogP contribution >= 0.6 is 0 Å². The molecule has 0 aliphatic carbocycles. The molecule has 13 heavy (non-hydrogen) atoms. The predicted molar refractivity (Wildman–Crippen MR) is 51.8 cm³/mol. The van der Waals surface area contributed by atoms with Crippen molar-refractivity contribution >= 4 is 0 Å². The first-order chi connectivity index (χ1) is 6.22. The summed E-state index contributed by atoms with van der Waals surface area (Å²) in [5, 5.41) is 12.9. The van der Waals surface area contributed by atoms with Crippen molar-refractivity contribution in [1.82, 2.24) is 10.2 Å². The van der Waals surface area contributed by atoms with Gasteiger partial charge in [0.05, 0.1) is 12.7 Å². The van der Waals surface area contributed by atoms with Crippen LogP contribution in [0.2, 0.25) is 0 Å². The molecular formula is C9H20N2O2. The molecule has 0 spiro atoms. The van der Waals surface area contributed by atoms with E-state index in [1.165, 1.54) is 0 Å². The monoisotopic (exact) mass is 188 g/mol. The van der Waals surface area contributed by atoms with Crippen molar-refractivity contribution in [2.24, 2.45) is 0 Å². The third-order valence-corrected chi connectivity index (χ3v) is 2.28. The summed E-state index contributed by atoms with van der Waals surface area (Å²) in [5.74, 6) is 0. The van der Waals surface area contributed by atoms with E-state index in [2.05, 4.69) is 17.1 Å². The molecule has 2 atom stereocenters. The second-order valence-corrected chi connectivity index (χ2v) is 3.72. The average Bonchev–Trinajstić information content (AvgIpc) is 2.04. The van der Waals surface area contributed by atoms with Gasteiger partial charge >= 0.3 is 0 Å². The van der Waals surface area contributed by atoms with Crippen LogP contribution in [0.25, 0.3) is 0 Å². The minimum Gasteiger partial charge on any atom is -0.389 e. The molecule has 0 aromatic rings. The summed E-state index contributed by atoms with van der Waals surface area (Å²) in [6, 6.07) is 0.531. The zero-order chi connectivity index (χ0) is 9.68. The molecule has 1 heterocycles. The molecule has 1 saturated heterocycles. The lowest BCUT2D eigenvalue weighted by Gasteiger charge is -2.32. The third-order valence-electron chi connectivity index (χ3n) is 2.28. The fourth-order valence-electron chi connectivity index (χ4n) is 1.72. The SMILES string of the molecule is COCC(O)CN1CCNC(C)C1. The highest BCUT2D eigenvalue weighted by Gasteiger charge is 2.17. The smallest absolute Gasteiger partial charge is 0.0900 e. The third kappa shape index (κ3) is 4.04. The van der Waals surface area contributed by atoms with Crippen LogP contribution in [0, 0.1) is 0 Å². The fraction of sp³-hybridized carbons (Fsp3) is 1.00. The van der Waals surface area contributed by atoms with E-state index in [0.29, 0.717) is 12.6 Å². The van der Waals surface area contributed by atoms with Gasteiger partial charge in [-0.05, 0) is 6.92 Å². The Balaban J connectivity index is 2.19. The van der Waals surface area contributed by atoms with Crippen LogP contribution in [0.4, 0.5) is 0 Å². The van der Waals surface area contributed by atoms with E-state index in [-0.39, 0.29) is 6.10 Å². The number of aliphatic hydroxyl groups excluding tert-OH is 1. The van der Waals surface area contributed by atoms with E-state index >= 15 is 0 Å². The predicted octanol–water partition coefficient (Wildman–Crippen LogP) is -0.713. The van der Waals surface area contributed by atoms with Gasteiger partial charge in [-0.2, -0.15) is 0 Å². The molecule has 1 fully saturated rings. The van der Waals surface area contributed by atoms with E-state index in [9.17, 15) is 5.11 Å². The Hall–Kier alpha value is -0.160. The normalized spacial score (nSPS) is 27.5. The van der Waals surface area contributed by atoms with Crippen LogP contribution in [-0.4, -0.2) is 62.0 Å². The van der Waals surface area contributed by atoms with Gasteiger partial charge in [0.15, 0.2) is 0 Å². The Bertz CT molecular complexity index is 144. The number of aliphatic hydroxyl groups is 1. The standard InChI is InChI=1S/C9H20N2O2/c1-8-5-11(4-3-10-8)6-9(12)7-13-2/h8-10,12H,3-7H2,1-2H3.